The number of nitrogens with one attached hydrogen (secondary N) is 1. The Kier molecular flexibility index (Phi) is 7.75. The number of para-hydroxylation sites is 2. The van der Waals surface area contributed by atoms with Gasteiger partial charge in [-0.15, -0.1) is 0 Å². The van der Waals surface area contributed by atoms with E-state index in [1.807, 2.05) is 24.3 Å². The van der Waals surface area contributed by atoms with Crippen molar-refractivity contribution in [1.82, 2.24) is 5.43 Å². The van der Waals surface area contributed by atoms with Crippen LogP contribution >= 0.6 is 11.6 Å². The number of carbonyl (C=O) groups is 2. The summed E-state index contributed by atoms with van der Waals surface area (Å²) in [6, 6.07) is 22.9. The van der Waals surface area contributed by atoms with Gasteiger partial charge in [0.15, 0.2) is 11.9 Å². The number of amides is 1. The minimum Gasteiger partial charge on any atom is -0.474 e. The maximum absolute atomic E-state index is 12.7. The molecule has 1 amide bonds. The summed E-state index contributed by atoms with van der Waals surface area (Å²) >= 11 is 5.90. The molecule has 0 aromatic heterocycles. The number of fused-ring (bicyclic) bond motifs is 1. The molecule has 0 radical (unpaired) electrons. The maximum atomic E-state index is 12.7. The zero-order valence-electron chi connectivity index (χ0n) is 19.5. The molecule has 0 saturated heterocycles. The summed E-state index contributed by atoms with van der Waals surface area (Å²) in [4.78, 5) is 35.8. The van der Waals surface area contributed by atoms with Crippen LogP contribution in [0.4, 0.5) is 5.69 Å². The lowest BCUT2D eigenvalue weighted by atomic mass is 10.0. The second kappa shape index (κ2) is 11.3. The molecule has 0 bridgehead atoms. The van der Waals surface area contributed by atoms with Crippen LogP contribution in [0.1, 0.15) is 22.8 Å². The van der Waals surface area contributed by atoms with E-state index in [0.29, 0.717) is 16.1 Å². The summed E-state index contributed by atoms with van der Waals surface area (Å²) < 4.78 is 11.1. The van der Waals surface area contributed by atoms with E-state index < -0.39 is 22.9 Å². The van der Waals surface area contributed by atoms with Crippen LogP contribution in [-0.4, -0.2) is 29.1 Å². The number of benzene rings is 4. The summed E-state index contributed by atoms with van der Waals surface area (Å²) in [5.41, 5.74) is 2.89. The first-order valence-electron chi connectivity index (χ1n) is 11.1. The molecule has 0 fully saturated rings. The number of carbonyl (C=O) groups excluding carboxylic acids is 2. The number of nitrogens with zero attached hydrogens (tertiary/aromatic N) is 2. The third kappa shape index (κ3) is 6.09. The third-order valence-electron chi connectivity index (χ3n) is 5.32. The van der Waals surface area contributed by atoms with Crippen molar-refractivity contribution in [1.29, 1.82) is 0 Å². The number of rotatable bonds is 8. The van der Waals surface area contributed by atoms with Gasteiger partial charge in [0.25, 0.3) is 5.91 Å². The van der Waals surface area contributed by atoms with Crippen LogP contribution in [0.25, 0.3) is 10.8 Å². The fourth-order valence-corrected chi connectivity index (χ4v) is 3.57. The van der Waals surface area contributed by atoms with E-state index in [1.165, 1.54) is 31.3 Å². The van der Waals surface area contributed by atoms with Gasteiger partial charge >= 0.3 is 11.7 Å². The first-order valence-corrected chi connectivity index (χ1v) is 11.4. The van der Waals surface area contributed by atoms with Crippen LogP contribution in [0.15, 0.2) is 90.0 Å². The molecule has 186 valence electrons. The SMILES string of the molecule is C[C@H](Oc1ccccc1[N+](=O)[O-])C(=O)N/N=C\c1c(OC(=O)c2ccc(Cl)cc2)ccc2ccccc12. The molecule has 0 saturated carbocycles. The first-order chi connectivity index (χ1) is 17.8. The van der Waals surface area contributed by atoms with Gasteiger partial charge in [-0.1, -0.05) is 54.1 Å². The number of hydrogen-bond donors (Lipinski definition) is 1. The van der Waals surface area contributed by atoms with Crippen molar-refractivity contribution < 1.29 is 24.0 Å². The van der Waals surface area contributed by atoms with Crippen molar-refractivity contribution in [2.24, 2.45) is 5.10 Å². The molecule has 0 aliphatic carbocycles. The van der Waals surface area contributed by atoms with Crippen molar-refractivity contribution in [3.8, 4) is 11.5 Å². The van der Waals surface area contributed by atoms with Crippen molar-refractivity contribution in [3.05, 3.63) is 111 Å². The highest BCUT2D eigenvalue weighted by molar-refractivity contribution is 6.30. The summed E-state index contributed by atoms with van der Waals surface area (Å²) in [6.07, 6.45) is 0.288. The Bertz CT molecular complexity index is 1500. The predicted molar refractivity (Wildman–Crippen MR) is 139 cm³/mol. The highest BCUT2D eigenvalue weighted by atomic mass is 35.5. The fraction of sp³-hybridized carbons (Fsp3) is 0.0741. The van der Waals surface area contributed by atoms with E-state index in [2.05, 4.69) is 10.5 Å². The molecule has 37 heavy (non-hydrogen) atoms. The van der Waals surface area contributed by atoms with Crippen molar-refractivity contribution in [2.75, 3.05) is 0 Å². The second-order valence-electron chi connectivity index (χ2n) is 7.81. The van der Waals surface area contributed by atoms with E-state index in [0.717, 1.165) is 10.8 Å². The number of hydrogen-bond acceptors (Lipinski definition) is 7. The lowest BCUT2D eigenvalue weighted by Crippen LogP contribution is -2.33. The van der Waals surface area contributed by atoms with Crippen LogP contribution in [0.3, 0.4) is 0 Å². The molecule has 1 atom stereocenters. The summed E-state index contributed by atoms with van der Waals surface area (Å²) in [6.45, 7) is 1.44. The van der Waals surface area contributed by atoms with Crippen LogP contribution in [0, 0.1) is 10.1 Å². The molecular weight excluding hydrogens is 498 g/mol. The quantitative estimate of drug-likeness (QED) is 0.108. The average Bonchev–Trinajstić information content (AvgIpc) is 2.90. The van der Waals surface area contributed by atoms with Gasteiger partial charge in [-0.2, -0.15) is 5.10 Å². The highest BCUT2D eigenvalue weighted by Crippen LogP contribution is 2.28. The zero-order valence-corrected chi connectivity index (χ0v) is 20.2. The number of esters is 1. The van der Waals surface area contributed by atoms with E-state index in [9.17, 15) is 19.7 Å². The molecule has 1 N–H and O–H groups in total. The van der Waals surface area contributed by atoms with Gasteiger partial charge in [0, 0.05) is 16.7 Å². The number of halogens is 1. The van der Waals surface area contributed by atoms with E-state index in [-0.39, 0.29) is 17.2 Å². The van der Waals surface area contributed by atoms with Gasteiger partial charge < -0.3 is 9.47 Å². The fourth-order valence-electron chi connectivity index (χ4n) is 3.45. The third-order valence-corrected chi connectivity index (χ3v) is 5.57. The standard InChI is InChI=1S/C27H20ClN3O6/c1-17(36-25-9-5-4-8-23(25)31(34)35)26(32)30-29-16-22-21-7-3-2-6-18(21)12-15-24(22)37-27(33)19-10-13-20(28)14-11-19/h2-17H,1H3,(H,30,32)/b29-16-/t17-/m0/s1. The Balaban J connectivity index is 1.53. The number of nitro groups is 1. The number of nitro benzene ring substituents is 1. The summed E-state index contributed by atoms with van der Waals surface area (Å²) in [5.74, 6) is -1.02. The molecule has 0 unspecified atom stereocenters. The van der Waals surface area contributed by atoms with E-state index in [1.54, 1.807) is 42.5 Å². The Morgan fingerprint density at radius 1 is 0.973 bits per heavy atom. The Morgan fingerprint density at radius 2 is 1.68 bits per heavy atom. The molecular formula is C27H20ClN3O6. The van der Waals surface area contributed by atoms with Crippen molar-refractivity contribution in [2.45, 2.75) is 13.0 Å². The number of hydrazone groups is 1. The smallest absolute Gasteiger partial charge is 0.343 e. The monoisotopic (exact) mass is 517 g/mol. The molecule has 4 aromatic carbocycles. The molecule has 0 aliphatic heterocycles. The normalized spacial score (nSPS) is 11.7. The molecule has 9 nitrogen and oxygen atoms in total. The maximum Gasteiger partial charge on any atom is 0.343 e. The van der Waals surface area contributed by atoms with Gasteiger partial charge in [0.1, 0.15) is 5.75 Å². The largest absolute Gasteiger partial charge is 0.474 e. The van der Waals surface area contributed by atoms with Gasteiger partial charge in [0.2, 0.25) is 0 Å². The van der Waals surface area contributed by atoms with Gasteiger partial charge in [-0.25, -0.2) is 10.2 Å². The Morgan fingerprint density at radius 3 is 2.43 bits per heavy atom. The first kappa shape index (κ1) is 25.3. The minimum absolute atomic E-state index is 0.0374. The predicted octanol–water partition coefficient (Wildman–Crippen LogP) is 5.54. The lowest BCUT2D eigenvalue weighted by molar-refractivity contribution is -0.386. The van der Waals surface area contributed by atoms with Crippen LogP contribution < -0.4 is 14.9 Å². The van der Waals surface area contributed by atoms with Crippen molar-refractivity contribution >= 4 is 46.2 Å². The van der Waals surface area contributed by atoms with Gasteiger partial charge in [0.05, 0.1) is 16.7 Å². The second-order valence-corrected chi connectivity index (χ2v) is 8.25. The topological polar surface area (TPSA) is 120 Å². The van der Waals surface area contributed by atoms with Crippen LogP contribution in [0.2, 0.25) is 5.02 Å². The molecule has 0 spiro atoms. The summed E-state index contributed by atoms with van der Waals surface area (Å²) in [7, 11) is 0. The van der Waals surface area contributed by atoms with Crippen LogP contribution in [0.5, 0.6) is 11.5 Å². The number of ether oxygens (including phenoxy) is 2. The van der Waals surface area contributed by atoms with Gasteiger partial charge in [-0.3, -0.25) is 14.9 Å². The minimum atomic E-state index is -1.08. The van der Waals surface area contributed by atoms with Crippen LogP contribution in [-0.2, 0) is 4.79 Å². The van der Waals surface area contributed by atoms with E-state index in [4.69, 9.17) is 21.1 Å². The van der Waals surface area contributed by atoms with Gasteiger partial charge in [-0.05, 0) is 54.1 Å². The average molecular weight is 518 g/mol. The Hall–Kier alpha value is -4.76. The molecule has 0 aliphatic rings. The zero-order chi connectivity index (χ0) is 26.4. The van der Waals surface area contributed by atoms with E-state index >= 15 is 0 Å². The molecule has 0 heterocycles. The lowest BCUT2D eigenvalue weighted by Gasteiger charge is -2.13. The Labute approximate surface area is 216 Å². The van der Waals surface area contributed by atoms with Crippen molar-refractivity contribution in [3.63, 3.8) is 0 Å². The molecule has 4 rings (SSSR count). The molecule has 4 aromatic rings. The molecule has 10 heteroatoms. The summed E-state index contributed by atoms with van der Waals surface area (Å²) in [5, 5.41) is 17.3. The highest BCUT2D eigenvalue weighted by Gasteiger charge is 2.20.